The van der Waals surface area contributed by atoms with E-state index in [1.807, 2.05) is 54.6 Å². The van der Waals surface area contributed by atoms with Gasteiger partial charge in [0.05, 0.1) is 13.7 Å². The Kier molecular flexibility index (Phi) is 7.59. The normalized spacial score (nSPS) is 10.4. The standard InChI is InChI=1S/C24H25N3O4/c1-3-15-26(18-19-9-11-20(30-2)12-10-19)24(29)22-13-14-23(28)27(25-22)16-17-31-21-7-5-4-6-8-21/h3-14H,1,15-18H2,2H3. The lowest BCUT2D eigenvalue weighted by Gasteiger charge is -2.21. The molecule has 2 aromatic carbocycles. The molecule has 7 nitrogen and oxygen atoms in total. The van der Waals surface area contributed by atoms with Gasteiger partial charge in [-0.2, -0.15) is 5.10 Å². The Labute approximate surface area is 181 Å². The van der Waals surface area contributed by atoms with Crippen molar-refractivity contribution in [2.75, 3.05) is 20.3 Å². The molecular formula is C24H25N3O4. The molecule has 0 bridgehead atoms. The highest BCUT2D eigenvalue weighted by atomic mass is 16.5. The highest BCUT2D eigenvalue weighted by Gasteiger charge is 2.18. The van der Waals surface area contributed by atoms with Crippen molar-refractivity contribution in [3.63, 3.8) is 0 Å². The number of nitrogens with zero attached hydrogens (tertiary/aromatic N) is 3. The first-order chi connectivity index (χ1) is 15.1. The minimum atomic E-state index is -0.293. The number of benzene rings is 2. The maximum atomic E-state index is 13.1. The summed E-state index contributed by atoms with van der Waals surface area (Å²) in [5, 5.41) is 4.25. The zero-order valence-electron chi connectivity index (χ0n) is 17.4. The molecule has 0 radical (unpaired) electrons. The number of ether oxygens (including phenoxy) is 2. The van der Waals surface area contributed by atoms with Crippen molar-refractivity contribution < 1.29 is 14.3 Å². The summed E-state index contributed by atoms with van der Waals surface area (Å²) in [7, 11) is 1.61. The number of rotatable bonds is 10. The van der Waals surface area contributed by atoms with Gasteiger partial charge in [0, 0.05) is 19.2 Å². The molecule has 0 saturated carbocycles. The molecule has 0 N–H and O–H groups in total. The Hall–Kier alpha value is -3.87. The summed E-state index contributed by atoms with van der Waals surface area (Å²) in [6.07, 6.45) is 1.66. The lowest BCUT2D eigenvalue weighted by molar-refractivity contribution is 0.0753. The van der Waals surface area contributed by atoms with Crippen molar-refractivity contribution >= 4 is 5.91 Å². The summed E-state index contributed by atoms with van der Waals surface area (Å²) >= 11 is 0. The lowest BCUT2D eigenvalue weighted by atomic mass is 10.2. The van der Waals surface area contributed by atoms with E-state index in [0.29, 0.717) is 18.8 Å². The van der Waals surface area contributed by atoms with Gasteiger partial charge in [-0.25, -0.2) is 4.68 Å². The van der Waals surface area contributed by atoms with Gasteiger partial charge in [0.25, 0.3) is 11.5 Å². The van der Waals surface area contributed by atoms with Crippen LogP contribution in [0.5, 0.6) is 11.5 Å². The van der Waals surface area contributed by atoms with Gasteiger partial charge in [0.15, 0.2) is 0 Å². The highest BCUT2D eigenvalue weighted by molar-refractivity contribution is 5.92. The Balaban J connectivity index is 1.71. The molecule has 3 rings (SSSR count). The predicted molar refractivity (Wildman–Crippen MR) is 118 cm³/mol. The van der Waals surface area contributed by atoms with Crippen molar-refractivity contribution in [2.45, 2.75) is 13.1 Å². The fourth-order valence-electron chi connectivity index (χ4n) is 2.98. The Morgan fingerprint density at radius 3 is 2.48 bits per heavy atom. The predicted octanol–water partition coefficient (Wildman–Crippen LogP) is 3.16. The summed E-state index contributed by atoms with van der Waals surface area (Å²) in [4.78, 5) is 26.9. The number of carbonyl (C=O) groups excluding carboxylic acids is 1. The summed E-state index contributed by atoms with van der Waals surface area (Å²) in [5.74, 6) is 1.17. The molecule has 0 fully saturated rings. The number of carbonyl (C=O) groups is 1. The van der Waals surface area contributed by atoms with Crippen molar-refractivity contribution in [3.05, 3.63) is 101 Å². The molecule has 0 aliphatic carbocycles. The van der Waals surface area contributed by atoms with Crippen LogP contribution in [-0.4, -0.2) is 40.8 Å². The van der Waals surface area contributed by atoms with E-state index in [0.717, 1.165) is 11.3 Å². The molecule has 3 aromatic rings. The number of hydrogen-bond acceptors (Lipinski definition) is 5. The monoisotopic (exact) mass is 419 g/mol. The van der Waals surface area contributed by atoms with E-state index in [9.17, 15) is 9.59 Å². The summed E-state index contributed by atoms with van der Waals surface area (Å²) in [6, 6.07) is 19.6. The van der Waals surface area contributed by atoms with E-state index in [4.69, 9.17) is 9.47 Å². The number of hydrogen-bond donors (Lipinski definition) is 0. The zero-order chi connectivity index (χ0) is 22.1. The summed E-state index contributed by atoms with van der Waals surface area (Å²) in [5.41, 5.74) is 0.842. The van der Waals surface area contributed by atoms with Gasteiger partial charge in [-0.15, -0.1) is 6.58 Å². The maximum Gasteiger partial charge on any atom is 0.274 e. The molecule has 0 aliphatic rings. The van der Waals surface area contributed by atoms with Gasteiger partial charge in [0.1, 0.15) is 23.8 Å². The molecule has 0 aliphatic heterocycles. The van der Waals surface area contributed by atoms with Crippen molar-refractivity contribution in [3.8, 4) is 11.5 Å². The zero-order valence-corrected chi connectivity index (χ0v) is 17.4. The largest absolute Gasteiger partial charge is 0.497 e. The molecule has 160 valence electrons. The molecule has 0 saturated heterocycles. The van der Waals surface area contributed by atoms with Crippen LogP contribution in [0.4, 0.5) is 0 Å². The van der Waals surface area contributed by atoms with E-state index in [2.05, 4.69) is 11.7 Å². The quantitative estimate of drug-likeness (QED) is 0.472. The van der Waals surface area contributed by atoms with Crippen LogP contribution < -0.4 is 15.0 Å². The second-order valence-corrected chi connectivity index (χ2v) is 6.76. The van der Waals surface area contributed by atoms with Gasteiger partial charge in [-0.05, 0) is 35.9 Å². The second kappa shape index (κ2) is 10.8. The first kappa shape index (κ1) is 21.8. The minimum absolute atomic E-state index is 0.190. The molecule has 1 aromatic heterocycles. The molecule has 0 unspecified atom stereocenters. The van der Waals surface area contributed by atoms with Crippen LogP contribution in [0, 0.1) is 0 Å². The fraction of sp³-hybridized carbons (Fsp3) is 0.208. The Morgan fingerprint density at radius 1 is 1.06 bits per heavy atom. The van der Waals surface area contributed by atoms with Gasteiger partial charge < -0.3 is 14.4 Å². The van der Waals surface area contributed by atoms with Crippen LogP contribution in [0.1, 0.15) is 16.1 Å². The van der Waals surface area contributed by atoms with Crippen LogP contribution in [0.15, 0.2) is 84.2 Å². The van der Waals surface area contributed by atoms with Gasteiger partial charge in [0.2, 0.25) is 0 Å². The van der Waals surface area contributed by atoms with Crippen LogP contribution in [-0.2, 0) is 13.1 Å². The van der Waals surface area contributed by atoms with E-state index >= 15 is 0 Å². The number of methoxy groups -OCH3 is 1. The Morgan fingerprint density at radius 2 is 1.81 bits per heavy atom. The number of aromatic nitrogens is 2. The van der Waals surface area contributed by atoms with Crippen molar-refractivity contribution in [1.29, 1.82) is 0 Å². The minimum Gasteiger partial charge on any atom is -0.497 e. The van der Waals surface area contributed by atoms with Crippen LogP contribution >= 0.6 is 0 Å². The third-order valence-electron chi connectivity index (χ3n) is 4.57. The van der Waals surface area contributed by atoms with E-state index in [1.54, 1.807) is 18.1 Å². The smallest absolute Gasteiger partial charge is 0.274 e. The van der Waals surface area contributed by atoms with Crippen LogP contribution in [0.3, 0.4) is 0 Å². The number of amides is 1. The summed E-state index contributed by atoms with van der Waals surface area (Å²) < 4.78 is 12.1. The topological polar surface area (TPSA) is 73.7 Å². The molecule has 31 heavy (non-hydrogen) atoms. The van der Waals surface area contributed by atoms with E-state index in [-0.39, 0.29) is 30.3 Å². The van der Waals surface area contributed by atoms with Gasteiger partial charge in [-0.1, -0.05) is 36.4 Å². The summed E-state index contributed by atoms with van der Waals surface area (Å²) in [6.45, 7) is 4.96. The van der Waals surface area contributed by atoms with Crippen molar-refractivity contribution in [2.24, 2.45) is 0 Å². The van der Waals surface area contributed by atoms with Crippen molar-refractivity contribution in [1.82, 2.24) is 14.7 Å². The SMILES string of the molecule is C=CCN(Cc1ccc(OC)cc1)C(=O)c1ccc(=O)n(CCOc2ccccc2)n1. The highest BCUT2D eigenvalue weighted by Crippen LogP contribution is 2.14. The average Bonchev–Trinajstić information content (AvgIpc) is 2.81. The average molecular weight is 419 g/mol. The van der Waals surface area contributed by atoms with Crippen LogP contribution in [0.2, 0.25) is 0 Å². The van der Waals surface area contributed by atoms with Gasteiger partial charge >= 0.3 is 0 Å². The van der Waals surface area contributed by atoms with E-state index in [1.165, 1.54) is 16.8 Å². The van der Waals surface area contributed by atoms with Gasteiger partial charge in [-0.3, -0.25) is 9.59 Å². The Bertz CT molecular complexity index is 1060. The first-order valence-electron chi connectivity index (χ1n) is 9.90. The first-order valence-corrected chi connectivity index (χ1v) is 9.90. The second-order valence-electron chi connectivity index (χ2n) is 6.76. The molecule has 0 spiro atoms. The van der Waals surface area contributed by atoms with E-state index < -0.39 is 0 Å². The molecule has 0 atom stereocenters. The fourth-order valence-corrected chi connectivity index (χ4v) is 2.98. The maximum absolute atomic E-state index is 13.1. The van der Waals surface area contributed by atoms with Crippen LogP contribution in [0.25, 0.3) is 0 Å². The molecule has 7 heteroatoms. The molecular weight excluding hydrogens is 394 g/mol. The molecule has 1 heterocycles. The molecule has 1 amide bonds. The number of para-hydroxylation sites is 1. The third-order valence-corrected chi connectivity index (χ3v) is 4.57. The third kappa shape index (κ3) is 6.05. The lowest BCUT2D eigenvalue weighted by Crippen LogP contribution is -2.34.